The van der Waals surface area contributed by atoms with Gasteiger partial charge in [0.05, 0.1) is 6.42 Å². The number of amides is 1. The number of nitrogens with zero attached hydrogens (tertiary/aromatic N) is 4. The minimum absolute atomic E-state index is 0.0769. The molecule has 7 heteroatoms. The van der Waals surface area contributed by atoms with Crippen LogP contribution in [0.4, 0.5) is 0 Å². The summed E-state index contributed by atoms with van der Waals surface area (Å²) in [6.45, 7) is 3.32. The lowest BCUT2D eigenvalue weighted by atomic mass is 9.94. The van der Waals surface area contributed by atoms with Gasteiger partial charge < -0.3 is 4.90 Å². The highest BCUT2D eigenvalue weighted by atomic mass is 16.6. The van der Waals surface area contributed by atoms with Crippen LogP contribution in [0.25, 0.3) is 0 Å². The van der Waals surface area contributed by atoms with E-state index in [0.29, 0.717) is 17.3 Å². The minimum Gasteiger partial charge on any atom is -0.342 e. The Morgan fingerprint density at radius 1 is 1.55 bits per heavy atom. The first kappa shape index (κ1) is 12.8. The van der Waals surface area contributed by atoms with Crippen LogP contribution in [0.5, 0.6) is 0 Å². The maximum atomic E-state index is 12.3. The van der Waals surface area contributed by atoms with Crippen molar-refractivity contribution in [1.29, 1.82) is 0 Å². The van der Waals surface area contributed by atoms with Gasteiger partial charge in [-0.1, -0.05) is 10.3 Å². The summed E-state index contributed by atoms with van der Waals surface area (Å²) in [5.74, 6) is 0.416. The molecule has 1 saturated heterocycles. The molecule has 2 aromatic rings. The molecule has 0 saturated carbocycles. The van der Waals surface area contributed by atoms with Crippen molar-refractivity contribution in [2.75, 3.05) is 13.1 Å². The average molecular weight is 275 g/mol. The largest absolute Gasteiger partial charge is 0.342 e. The topological polar surface area (TPSA) is 87.9 Å². The molecule has 20 heavy (non-hydrogen) atoms. The van der Waals surface area contributed by atoms with Gasteiger partial charge >= 0.3 is 0 Å². The van der Waals surface area contributed by atoms with Crippen molar-refractivity contribution in [1.82, 2.24) is 25.4 Å². The van der Waals surface area contributed by atoms with E-state index in [-0.39, 0.29) is 12.3 Å². The first-order valence-electron chi connectivity index (χ1n) is 6.79. The van der Waals surface area contributed by atoms with E-state index in [9.17, 15) is 4.79 Å². The Balaban J connectivity index is 1.65. The normalized spacial score (nSPS) is 19.2. The quantitative estimate of drug-likeness (QED) is 0.904. The number of H-pyrrole nitrogens is 1. The van der Waals surface area contributed by atoms with Crippen LogP contribution in [0.1, 0.15) is 35.8 Å². The predicted octanol–water partition coefficient (Wildman–Crippen LogP) is 1.05. The van der Waals surface area contributed by atoms with E-state index in [2.05, 4.69) is 25.1 Å². The summed E-state index contributed by atoms with van der Waals surface area (Å²) in [6, 6.07) is 1.98. The molecule has 1 atom stereocenters. The third kappa shape index (κ3) is 2.56. The van der Waals surface area contributed by atoms with E-state index in [4.69, 9.17) is 0 Å². The molecule has 106 valence electrons. The Morgan fingerprint density at radius 3 is 3.15 bits per heavy atom. The van der Waals surface area contributed by atoms with Gasteiger partial charge in [0.25, 0.3) is 0 Å². The number of aryl methyl sites for hydroxylation is 1. The zero-order chi connectivity index (χ0) is 13.9. The standard InChI is InChI=1S/C13H17N5O2/c1-9-12(17-20-16-9)7-13(19)18-6-2-3-10(8-18)11-4-5-14-15-11/h4-5,10H,2-3,6-8H2,1H3,(H,14,15)/t10-/m1/s1. The maximum absolute atomic E-state index is 12.3. The van der Waals surface area contributed by atoms with Crippen molar-refractivity contribution in [3.8, 4) is 0 Å². The average Bonchev–Trinajstić information content (AvgIpc) is 3.12. The van der Waals surface area contributed by atoms with Crippen LogP contribution in [-0.2, 0) is 11.2 Å². The molecule has 3 rings (SSSR count). The van der Waals surface area contributed by atoms with Gasteiger partial charge in [0.1, 0.15) is 11.4 Å². The van der Waals surface area contributed by atoms with Crippen LogP contribution >= 0.6 is 0 Å². The van der Waals surface area contributed by atoms with Crippen LogP contribution < -0.4 is 0 Å². The van der Waals surface area contributed by atoms with Gasteiger partial charge in [0.15, 0.2) is 0 Å². The number of aromatic nitrogens is 4. The Labute approximate surface area is 116 Å². The van der Waals surface area contributed by atoms with Gasteiger partial charge in [0, 0.05) is 30.9 Å². The highest BCUT2D eigenvalue weighted by Crippen LogP contribution is 2.25. The van der Waals surface area contributed by atoms with E-state index in [0.717, 1.165) is 31.6 Å². The highest BCUT2D eigenvalue weighted by Gasteiger charge is 2.26. The summed E-state index contributed by atoms with van der Waals surface area (Å²) in [5.41, 5.74) is 2.40. The molecule has 0 spiro atoms. The SMILES string of the molecule is Cc1nonc1CC(=O)N1CCC[C@@H](c2ccn[nH]2)C1. The van der Waals surface area contributed by atoms with Gasteiger partial charge in [-0.25, -0.2) is 4.63 Å². The molecule has 1 amide bonds. The van der Waals surface area contributed by atoms with Crippen molar-refractivity contribution in [3.05, 3.63) is 29.3 Å². The molecule has 1 N–H and O–H groups in total. The van der Waals surface area contributed by atoms with E-state index in [1.54, 1.807) is 13.1 Å². The van der Waals surface area contributed by atoms with Crippen molar-refractivity contribution < 1.29 is 9.42 Å². The number of nitrogens with one attached hydrogen (secondary N) is 1. The molecule has 7 nitrogen and oxygen atoms in total. The van der Waals surface area contributed by atoms with Gasteiger partial charge in [-0.05, 0) is 25.8 Å². The molecule has 0 bridgehead atoms. The molecule has 0 aromatic carbocycles. The van der Waals surface area contributed by atoms with Crippen LogP contribution in [0.2, 0.25) is 0 Å². The Bertz CT molecular complexity index is 577. The number of likely N-dealkylation sites (tertiary alicyclic amines) is 1. The van der Waals surface area contributed by atoms with Gasteiger partial charge in [-0.15, -0.1) is 0 Å². The molecule has 0 unspecified atom stereocenters. The summed E-state index contributed by atoms with van der Waals surface area (Å²) >= 11 is 0. The van der Waals surface area contributed by atoms with Gasteiger partial charge in [-0.2, -0.15) is 5.10 Å². The third-order valence-corrected chi connectivity index (χ3v) is 3.80. The van der Waals surface area contributed by atoms with Crippen molar-refractivity contribution in [3.63, 3.8) is 0 Å². The second kappa shape index (κ2) is 5.44. The van der Waals surface area contributed by atoms with Crippen LogP contribution in [0.15, 0.2) is 16.9 Å². The first-order chi connectivity index (χ1) is 9.74. The maximum Gasteiger partial charge on any atom is 0.228 e. The zero-order valence-electron chi connectivity index (χ0n) is 11.4. The van der Waals surface area contributed by atoms with E-state index >= 15 is 0 Å². The molecule has 0 aliphatic carbocycles. The molecule has 2 aromatic heterocycles. The second-order valence-corrected chi connectivity index (χ2v) is 5.16. The fourth-order valence-electron chi connectivity index (χ4n) is 2.62. The second-order valence-electron chi connectivity index (χ2n) is 5.16. The molecular formula is C13H17N5O2. The van der Waals surface area contributed by atoms with Crippen LogP contribution in [0.3, 0.4) is 0 Å². The monoisotopic (exact) mass is 275 g/mol. The molecule has 3 heterocycles. The molecule has 1 aliphatic rings. The van der Waals surface area contributed by atoms with Crippen molar-refractivity contribution >= 4 is 5.91 Å². The Morgan fingerprint density at radius 2 is 2.45 bits per heavy atom. The first-order valence-corrected chi connectivity index (χ1v) is 6.79. The summed E-state index contributed by atoms with van der Waals surface area (Å²) in [4.78, 5) is 14.2. The number of carbonyl (C=O) groups excluding carboxylic acids is 1. The number of hydrogen-bond donors (Lipinski definition) is 1. The van der Waals surface area contributed by atoms with Crippen LogP contribution in [0, 0.1) is 6.92 Å². The van der Waals surface area contributed by atoms with Crippen LogP contribution in [-0.4, -0.2) is 44.4 Å². The molecule has 0 radical (unpaired) electrons. The Hall–Kier alpha value is -2.18. The van der Waals surface area contributed by atoms with E-state index in [1.807, 2.05) is 11.0 Å². The predicted molar refractivity (Wildman–Crippen MR) is 69.9 cm³/mol. The molecule has 1 aliphatic heterocycles. The highest BCUT2D eigenvalue weighted by molar-refractivity contribution is 5.78. The van der Waals surface area contributed by atoms with Gasteiger partial charge in [0.2, 0.25) is 5.91 Å². The van der Waals surface area contributed by atoms with E-state index < -0.39 is 0 Å². The number of piperidine rings is 1. The summed E-state index contributed by atoms with van der Waals surface area (Å²) < 4.78 is 4.63. The number of rotatable bonds is 3. The number of hydrogen-bond acceptors (Lipinski definition) is 5. The molecular weight excluding hydrogens is 258 g/mol. The minimum atomic E-state index is 0.0769. The lowest BCUT2D eigenvalue weighted by molar-refractivity contribution is -0.131. The zero-order valence-corrected chi connectivity index (χ0v) is 11.4. The van der Waals surface area contributed by atoms with Crippen molar-refractivity contribution in [2.24, 2.45) is 0 Å². The summed E-state index contributed by atoms with van der Waals surface area (Å²) in [6.07, 6.45) is 4.09. The van der Waals surface area contributed by atoms with Crippen molar-refractivity contribution in [2.45, 2.75) is 32.1 Å². The fraction of sp³-hybridized carbons (Fsp3) is 0.538. The van der Waals surface area contributed by atoms with Gasteiger partial charge in [-0.3, -0.25) is 9.89 Å². The number of aromatic amines is 1. The van der Waals surface area contributed by atoms with E-state index in [1.165, 1.54) is 0 Å². The fourth-order valence-corrected chi connectivity index (χ4v) is 2.62. The summed E-state index contributed by atoms with van der Waals surface area (Å²) in [5, 5.41) is 14.4. The number of carbonyl (C=O) groups is 1. The summed E-state index contributed by atoms with van der Waals surface area (Å²) in [7, 11) is 0. The Kier molecular flexibility index (Phi) is 3.49. The third-order valence-electron chi connectivity index (χ3n) is 3.80. The lowest BCUT2D eigenvalue weighted by Gasteiger charge is -2.32. The molecule has 1 fully saturated rings. The lowest BCUT2D eigenvalue weighted by Crippen LogP contribution is -2.40. The smallest absolute Gasteiger partial charge is 0.228 e.